The van der Waals surface area contributed by atoms with Crippen LogP contribution in [0.5, 0.6) is 11.5 Å². The van der Waals surface area contributed by atoms with E-state index in [4.69, 9.17) is 9.47 Å². The summed E-state index contributed by atoms with van der Waals surface area (Å²) in [6, 6.07) is 16.0. The predicted molar refractivity (Wildman–Crippen MR) is 162 cm³/mol. The number of rotatable bonds is 12. The minimum absolute atomic E-state index is 0.140. The van der Waals surface area contributed by atoms with Gasteiger partial charge in [0, 0.05) is 49.0 Å². The van der Waals surface area contributed by atoms with Gasteiger partial charge in [0.1, 0.15) is 23.1 Å². The number of benzene rings is 2. The van der Waals surface area contributed by atoms with Crippen LogP contribution in [-0.4, -0.2) is 38.1 Å². The van der Waals surface area contributed by atoms with Gasteiger partial charge in [-0.2, -0.15) is 0 Å². The highest BCUT2D eigenvalue weighted by atomic mass is 16.5. The third-order valence-corrected chi connectivity index (χ3v) is 7.39. The first kappa shape index (κ1) is 28.1. The van der Waals surface area contributed by atoms with Crippen LogP contribution in [0.1, 0.15) is 54.9 Å². The summed E-state index contributed by atoms with van der Waals surface area (Å²) < 4.78 is 16.1. The number of aryl methyl sites for hydroxylation is 4. The Bertz CT molecular complexity index is 1380. The third-order valence-electron chi connectivity index (χ3n) is 7.39. The van der Waals surface area contributed by atoms with Crippen molar-refractivity contribution in [2.75, 3.05) is 13.2 Å². The lowest BCUT2D eigenvalue weighted by Crippen LogP contribution is -2.12. The average molecular weight is 551 g/mol. The second-order valence-corrected chi connectivity index (χ2v) is 10.4. The van der Waals surface area contributed by atoms with E-state index in [2.05, 4.69) is 19.1 Å². The van der Waals surface area contributed by atoms with Gasteiger partial charge in [0.15, 0.2) is 5.78 Å². The van der Waals surface area contributed by atoms with Gasteiger partial charge < -0.3 is 18.6 Å². The molecule has 1 aliphatic rings. The molecule has 0 atom stereocenters. The van der Waals surface area contributed by atoms with Gasteiger partial charge in [-0.25, -0.2) is 9.97 Å². The lowest BCUT2D eigenvalue weighted by atomic mass is 9.87. The fraction of sp³-hybridized carbons (Fsp3) is 0.324. The van der Waals surface area contributed by atoms with Gasteiger partial charge in [-0.3, -0.25) is 4.79 Å². The second-order valence-electron chi connectivity index (χ2n) is 10.4. The molecule has 1 fully saturated rings. The van der Waals surface area contributed by atoms with E-state index in [1.165, 1.54) is 0 Å². The van der Waals surface area contributed by atoms with E-state index in [1.54, 1.807) is 0 Å². The Labute approximate surface area is 242 Å². The molecule has 7 nitrogen and oxygen atoms in total. The van der Waals surface area contributed by atoms with Crippen LogP contribution in [0.2, 0.25) is 0 Å². The van der Waals surface area contributed by atoms with Gasteiger partial charge in [0.05, 0.1) is 13.2 Å². The van der Waals surface area contributed by atoms with Crippen LogP contribution >= 0.6 is 0 Å². The number of ketones is 1. The number of carbonyl (C=O) groups is 1. The molecule has 41 heavy (non-hydrogen) atoms. The molecule has 0 saturated heterocycles. The maximum Gasteiger partial charge on any atom is 0.185 e. The minimum Gasteiger partial charge on any atom is -0.494 e. The number of ether oxygens (including phenoxy) is 2. The van der Waals surface area contributed by atoms with E-state index in [0.29, 0.717) is 13.2 Å². The van der Waals surface area contributed by atoms with Gasteiger partial charge in [0.25, 0.3) is 0 Å². The van der Waals surface area contributed by atoms with E-state index in [1.807, 2.05) is 99.3 Å². The molecule has 0 spiro atoms. The summed E-state index contributed by atoms with van der Waals surface area (Å²) in [5.74, 6) is 3.85. The molecule has 2 aromatic carbocycles. The van der Waals surface area contributed by atoms with Crippen molar-refractivity contribution in [1.29, 1.82) is 0 Å². The Kier molecular flexibility index (Phi) is 9.47. The first-order valence-electron chi connectivity index (χ1n) is 14.4. The van der Waals surface area contributed by atoms with E-state index < -0.39 is 0 Å². The van der Waals surface area contributed by atoms with Crippen molar-refractivity contribution in [2.45, 2.75) is 59.0 Å². The summed E-state index contributed by atoms with van der Waals surface area (Å²) in [5.41, 5.74) is 3.75. The largest absolute Gasteiger partial charge is 0.494 e. The lowest BCUT2D eigenvalue weighted by molar-refractivity contribution is -0.112. The molecule has 2 heterocycles. The van der Waals surface area contributed by atoms with Gasteiger partial charge in [-0.1, -0.05) is 24.3 Å². The maximum atomic E-state index is 13.3. The first-order chi connectivity index (χ1) is 20.0. The molecule has 1 saturated carbocycles. The third kappa shape index (κ3) is 7.84. The molecule has 1 aliphatic carbocycles. The standard InChI is InChI=1S/C34H38N4O3/c1-26-35-16-20-37(26)18-4-22-40-32-12-8-28(9-13-32)24-30-6-3-7-31(34(30)39)25-29-10-14-33(15-11-29)41-23-5-19-38-21-17-36-27(38)2/h8-17,20-21,24-25H,3-7,18-19,22-23H2,1-2H3/b30-24+,31-25+. The number of allylic oxidation sites excluding steroid dienone is 2. The average Bonchev–Trinajstić information content (AvgIpc) is 3.59. The van der Waals surface area contributed by atoms with Crippen LogP contribution in [0, 0.1) is 13.8 Å². The zero-order valence-corrected chi connectivity index (χ0v) is 24.0. The van der Waals surface area contributed by atoms with Crippen LogP contribution in [0.15, 0.2) is 84.5 Å². The molecule has 5 rings (SSSR count). The summed E-state index contributed by atoms with van der Waals surface area (Å²) in [6.45, 7) is 7.07. The molecule has 0 radical (unpaired) electrons. The summed E-state index contributed by atoms with van der Waals surface area (Å²) in [7, 11) is 0. The quantitative estimate of drug-likeness (QED) is 0.142. The topological polar surface area (TPSA) is 71.2 Å². The molecule has 0 N–H and O–H groups in total. The lowest BCUT2D eigenvalue weighted by Gasteiger charge is -2.17. The number of hydrogen-bond donors (Lipinski definition) is 0. The van der Waals surface area contributed by atoms with Crippen LogP contribution < -0.4 is 9.47 Å². The van der Waals surface area contributed by atoms with Crippen molar-refractivity contribution in [2.24, 2.45) is 0 Å². The SMILES string of the molecule is Cc1nccn1CCCOc1ccc(/C=C2\CCC/C(=C\c3ccc(OCCCn4ccnc4C)cc3)C2=O)cc1. The Hall–Kier alpha value is -4.39. The molecule has 2 aromatic heterocycles. The number of aromatic nitrogens is 4. The van der Waals surface area contributed by atoms with Crippen molar-refractivity contribution in [3.8, 4) is 11.5 Å². The highest BCUT2D eigenvalue weighted by Crippen LogP contribution is 2.29. The van der Waals surface area contributed by atoms with Gasteiger partial charge in [0.2, 0.25) is 0 Å². The van der Waals surface area contributed by atoms with Gasteiger partial charge >= 0.3 is 0 Å². The zero-order valence-electron chi connectivity index (χ0n) is 24.0. The number of Topliss-reactive ketones (excluding diaryl/α,β-unsaturated/α-hetero) is 1. The Morgan fingerprint density at radius 1 is 0.707 bits per heavy atom. The van der Waals surface area contributed by atoms with Crippen LogP contribution in [0.4, 0.5) is 0 Å². The Balaban J connectivity index is 1.11. The number of carbonyl (C=O) groups excluding carboxylic acids is 1. The first-order valence-corrected chi connectivity index (χ1v) is 14.4. The summed E-state index contributed by atoms with van der Waals surface area (Å²) in [4.78, 5) is 21.8. The van der Waals surface area contributed by atoms with Crippen molar-refractivity contribution in [1.82, 2.24) is 19.1 Å². The van der Waals surface area contributed by atoms with E-state index in [0.717, 1.165) is 90.6 Å². The number of nitrogens with zero attached hydrogens (tertiary/aromatic N) is 4. The van der Waals surface area contributed by atoms with Crippen molar-refractivity contribution >= 4 is 17.9 Å². The zero-order chi connectivity index (χ0) is 28.4. The molecule has 0 unspecified atom stereocenters. The van der Waals surface area contributed by atoms with Crippen LogP contribution in [-0.2, 0) is 17.9 Å². The molecular weight excluding hydrogens is 512 g/mol. The van der Waals surface area contributed by atoms with Crippen molar-refractivity contribution in [3.05, 3.63) is 107 Å². The molecular formula is C34H38N4O3. The second kappa shape index (κ2) is 13.8. The summed E-state index contributed by atoms with van der Waals surface area (Å²) in [6.07, 6.45) is 16.0. The highest BCUT2D eigenvalue weighted by Gasteiger charge is 2.20. The fourth-order valence-corrected chi connectivity index (χ4v) is 5.03. The Morgan fingerprint density at radius 2 is 1.15 bits per heavy atom. The summed E-state index contributed by atoms with van der Waals surface area (Å²) in [5, 5.41) is 0. The van der Waals surface area contributed by atoms with Crippen LogP contribution in [0.25, 0.3) is 12.2 Å². The molecule has 212 valence electrons. The van der Waals surface area contributed by atoms with E-state index in [-0.39, 0.29) is 5.78 Å². The highest BCUT2D eigenvalue weighted by molar-refractivity contribution is 6.13. The maximum absolute atomic E-state index is 13.3. The molecule has 0 bridgehead atoms. The fourth-order valence-electron chi connectivity index (χ4n) is 5.03. The molecule has 7 heteroatoms. The minimum atomic E-state index is 0.140. The monoisotopic (exact) mass is 550 g/mol. The number of hydrogen-bond acceptors (Lipinski definition) is 5. The van der Waals surface area contributed by atoms with Gasteiger partial charge in [-0.05, 0) is 93.5 Å². The predicted octanol–water partition coefficient (Wildman–Crippen LogP) is 6.85. The molecule has 4 aromatic rings. The van der Waals surface area contributed by atoms with Gasteiger partial charge in [-0.15, -0.1) is 0 Å². The summed E-state index contributed by atoms with van der Waals surface area (Å²) >= 11 is 0. The Morgan fingerprint density at radius 3 is 1.54 bits per heavy atom. The smallest absolute Gasteiger partial charge is 0.185 e. The van der Waals surface area contributed by atoms with Crippen molar-refractivity contribution in [3.63, 3.8) is 0 Å². The van der Waals surface area contributed by atoms with Crippen molar-refractivity contribution < 1.29 is 14.3 Å². The molecule has 0 aliphatic heterocycles. The van der Waals surface area contributed by atoms with E-state index in [9.17, 15) is 4.79 Å². The van der Waals surface area contributed by atoms with E-state index >= 15 is 0 Å². The number of imidazole rings is 2. The van der Waals surface area contributed by atoms with Crippen LogP contribution in [0.3, 0.4) is 0 Å². The normalized spacial score (nSPS) is 15.5. The molecule has 0 amide bonds.